The zero-order valence-corrected chi connectivity index (χ0v) is 16.6. The van der Waals surface area contributed by atoms with Crippen LogP contribution in [0.25, 0.3) is 33.5 Å². The molecule has 0 atom stereocenters. The SMILES string of the molecule is CC(C)(C)c1ccoc1C1=Cc2c(cccc2-c2cccc3ccccc23)C1. The number of furan rings is 1. The topological polar surface area (TPSA) is 13.1 Å². The van der Waals surface area contributed by atoms with Crippen LogP contribution < -0.4 is 0 Å². The zero-order chi connectivity index (χ0) is 19.3. The molecule has 0 fully saturated rings. The summed E-state index contributed by atoms with van der Waals surface area (Å²) in [5, 5.41) is 2.58. The van der Waals surface area contributed by atoms with Crippen LogP contribution in [0.4, 0.5) is 0 Å². The molecule has 1 aliphatic rings. The van der Waals surface area contributed by atoms with Crippen molar-refractivity contribution in [1.82, 2.24) is 0 Å². The Bertz CT molecular complexity index is 1210. The molecule has 138 valence electrons. The molecule has 1 aliphatic carbocycles. The summed E-state index contributed by atoms with van der Waals surface area (Å²) in [6.45, 7) is 6.72. The van der Waals surface area contributed by atoms with E-state index in [0.717, 1.165) is 12.2 Å². The Morgan fingerprint density at radius 2 is 1.54 bits per heavy atom. The summed E-state index contributed by atoms with van der Waals surface area (Å²) in [4.78, 5) is 0. The number of benzene rings is 3. The van der Waals surface area contributed by atoms with Gasteiger partial charge in [-0.15, -0.1) is 0 Å². The van der Waals surface area contributed by atoms with Gasteiger partial charge >= 0.3 is 0 Å². The Morgan fingerprint density at radius 1 is 0.786 bits per heavy atom. The highest BCUT2D eigenvalue weighted by molar-refractivity contribution is 6.01. The molecule has 1 heteroatoms. The van der Waals surface area contributed by atoms with Crippen molar-refractivity contribution in [3.05, 3.63) is 95.4 Å². The molecule has 5 rings (SSSR count). The number of allylic oxidation sites excluding steroid dienone is 1. The first kappa shape index (κ1) is 17.1. The summed E-state index contributed by atoms with van der Waals surface area (Å²) in [6, 6.07) is 24.0. The van der Waals surface area contributed by atoms with Gasteiger partial charge in [0.1, 0.15) is 5.76 Å². The molecule has 0 amide bonds. The lowest BCUT2D eigenvalue weighted by Gasteiger charge is -2.18. The summed E-state index contributed by atoms with van der Waals surface area (Å²) in [5.74, 6) is 1.03. The number of rotatable bonds is 2. The summed E-state index contributed by atoms with van der Waals surface area (Å²) in [6.07, 6.45) is 5.08. The van der Waals surface area contributed by atoms with Crippen molar-refractivity contribution in [2.45, 2.75) is 32.6 Å². The molecule has 1 nitrogen and oxygen atoms in total. The highest BCUT2D eigenvalue weighted by Gasteiger charge is 2.26. The van der Waals surface area contributed by atoms with Gasteiger partial charge in [0.05, 0.1) is 6.26 Å². The van der Waals surface area contributed by atoms with Crippen molar-refractivity contribution in [3.8, 4) is 11.1 Å². The van der Waals surface area contributed by atoms with Crippen LogP contribution >= 0.6 is 0 Å². The lowest BCUT2D eigenvalue weighted by Crippen LogP contribution is -2.12. The maximum absolute atomic E-state index is 5.95. The Labute approximate surface area is 166 Å². The molecule has 0 spiro atoms. The van der Waals surface area contributed by atoms with E-state index in [4.69, 9.17) is 4.42 Å². The second-order valence-electron chi connectivity index (χ2n) is 8.66. The minimum absolute atomic E-state index is 0.0659. The smallest absolute Gasteiger partial charge is 0.133 e. The van der Waals surface area contributed by atoms with Crippen molar-refractivity contribution >= 4 is 22.4 Å². The molecule has 0 aliphatic heterocycles. The molecule has 1 aromatic heterocycles. The first-order valence-corrected chi connectivity index (χ1v) is 9.91. The lowest BCUT2D eigenvalue weighted by atomic mass is 9.85. The molecule has 0 unspecified atom stereocenters. The maximum atomic E-state index is 5.95. The number of hydrogen-bond donors (Lipinski definition) is 0. The quantitative estimate of drug-likeness (QED) is 0.359. The highest BCUT2D eigenvalue weighted by atomic mass is 16.3. The van der Waals surface area contributed by atoms with Crippen molar-refractivity contribution in [1.29, 1.82) is 0 Å². The predicted molar refractivity (Wildman–Crippen MR) is 118 cm³/mol. The minimum Gasteiger partial charge on any atom is -0.464 e. The van der Waals surface area contributed by atoms with Gasteiger partial charge in [0.2, 0.25) is 0 Å². The molecule has 3 aromatic carbocycles. The van der Waals surface area contributed by atoms with Gasteiger partial charge in [0.15, 0.2) is 0 Å². The fourth-order valence-corrected chi connectivity index (χ4v) is 4.36. The lowest BCUT2D eigenvalue weighted by molar-refractivity contribution is 0.523. The molecule has 1 heterocycles. The standard InChI is InChI=1S/C27H24O/c1-27(2,3)25-14-15-28-26(25)20-16-19-10-7-13-23(24(19)17-20)22-12-6-9-18-8-4-5-11-21(18)22/h4-15,17H,16H2,1-3H3. The zero-order valence-electron chi connectivity index (χ0n) is 16.6. The first-order valence-electron chi connectivity index (χ1n) is 9.91. The van der Waals surface area contributed by atoms with E-state index >= 15 is 0 Å². The summed E-state index contributed by atoms with van der Waals surface area (Å²) >= 11 is 0. The fourth-order valence-electron chi connectivity index (χ4n) is 4.36. The molecular formula is C27H24O. The van der Waals surface area contributed by atoms with Crippen LogP contribution in [0.5, 0.6) is 0 Å². The molecule has 4 aromatic rings. The van der Waals surface area contributed by atoms with Crippen LogP contribution in [0, 0.1) is 0 Å². The summed E-state index contributed by atoms with van der Waals surface area (Å²) in [5.41, 5.74) is 7.91. The Kier molecular flexibility index (Phi) is 3.80. The molecule has 0 saturated carbocycles. The van der Waals surface area contributed by atoms with Crippen molar-refractivity contribution in [2.75, 3.05) is 0 Å². The molecule has 0 bridgehead atoms. The van der Waals surface area contributed by atoms with Crippen LogP contribution in [0.15, 0.2) is 77.4 Å². The van der Waals surface area contributed by atoms with E-state index in [0.29, 0.717) is 0 Å². The Balaban J connectivity index is 1.68. The first-order chi connectivity index (χ1) is 13.5. The minimum atomic E-state index is 0.0659. The molecule has 0 saturated heterocycles. The van der Waals surface area contributed by atoms with Gasteiger partial charge in [-0.3, -0.25) is 0 Å². The Hall–Kier alpha value is -3.06. The van der Waals surface area contributed by atoms with Gasteiger partial charge in [-0.25, -0.2) is 0 Å². The number of fused-ring (bicyclic) bond motifs is 2. The third-order valence-corrected chi connectivity index (χ3v) is 5.74. The van der Waals surface area contributed by atoms with Crippen molar-refractivity contribution < 1.29 is 4.42 Å². The molecule has 0 radical (unpaired) electrons. The largest absolute Gasteiger partial charge is 0.464 e. The third-order valence-electron chi connectivity index (χ3n) is 5.74. The predicted octanol–water partition coefficient (Wildman–Crippen LogP) is 7.49. The summed E-state index contributed by atoms with van der Waals surface area (Å²) in [7, 11) is 0. The van der Waals surface area contributed by atoms with Gasteiger partial charge in [-0.2, -0.15) is 0 Å². The second kappa shape index (κ2) is 6.24. The van der Waals surface area contributed by atoms with Crippen LogP contribution in [0.2, 0.25) is 0 Å². The van der Waals surface area contributed by atoms with Gasteiger partial charge < -0.3 is 4.42 Å². The molecule has 28 heavy (non-hydrogen) atoms. The van der Waals surface area contributed by atoms with E-state index < -0.39 is 0 Å². The average molecular weight is 364 g/mol. The highest BCUT2D eigenvalue weighted by Crippen LogP contribution is 2.42. The average Bonchev–Trinajstić information content (AvgIpc) is 3.33. The van der Waals surface area contributed by atoms with Crippen molar-refractivity contribution in [3.63, 3.8) is 0 Å². The van der Waals surface area contributed by atoms with Crippen LogP contribution in [0.3, 0.4) is 0 Å². The van der Waals surface area contributed by atoms with E-state index in [1.165, 1.54) is 44.2 Å². The van der Waals surface area contributed by atoms with E-state index in [9.17, 15) is 0 Å². The van der Waals surface area contributed by atoms with Crippen LogP contribution in [-0.2, 0) is 11.8 Å². The fraction of sp³-hybridized carbons (Fsp3) is 0.185. The molecular weight excluding hydrogens is 340 g/mol. The monoisotopic (exact) mass is 364 g/mol. The third kappa shape index (κ3) is 2.70. The normalized spacial score (nSPS) is 13.6. The second-order valence-corrected chi connectivity index (χ2v) is 8.66. The maximum Gasteiger partial charge on any atom is 0.133 e. The van der Waals surface area contributed by atoms with Gasteiger partial charge in [-0.05, 0) is 50.6 Å². The molecule has 0 N–H and O–H groups in total. The van der Waals surface area contributed by atoms with Gasteiger partial charge in [0.25, 0.3) is 0 Å². The van der Waals surface area contributed by atoms with Gasteiger partial charge in [-0.1, -0.05) is 81.4 Å². The van der Waals surface area contributed by atoms with Crippen LogP contribution in [-0.4, -0.2) is 0 Å². The summed E-state index contributed by atoms with van der Waals surface area (Å²) < 4.78 is 5.95. The van der Waals surface area contributed by atoms with Gasteiger partial charge in [0, 0.05) is 17.6 Å². The van der Waals surface area contributed by atoms with E-state index in [1.54, 1.807) is 0 Å². The van der Waals surface area contributed by atoms with E-state index in [-0.39, 0.29) is 5.41 Å². The van der Waals surface area contributed by atoms with E-state index in [2.05, 4.69) is 93.6 Å². The van der Waals surface area contributed by atoms with Crippen molar-refractivity contribution in [2.24, 2.45) is 0 Å². The van der Waals surface area contributed by atoms with Crippen LogP contribution in [0.1, 0.15) is 43.2 Å². The van der Waals surface area contributed by atoms with E-state index in [1.807, 2.05) is 6.26 Å². The Morgan fingerprint density at radius 3 is 2.39 bits per heavy atom. The number of hydrogen-bond acceptors (Lipinski definition) is 1.